The molecule has 0 atom stereocenters. The number of ether oxygens (including phenoxy) is 1. The Labute approximate surface area is 173 Å². The van der Waals surface area contributed by atoms with Crippen LogP contribution in [0.1, 0.15) is 0 Å². The van der Waals surface area contributed by atoms with E-state index in [1.54, 1.807) is 31.4 Å². The van der Waals surface area contributed by atoms with E-state index in [0.717, 1.165) is 14.9 Å². The molecule has 1 heterocycles. The Morgan fingerprint density at radius 2 is 1.96 bits per heavy atom. The molecule has 0 saturated carbocycles. The van der Waals surface area contributed by atoms with E-state index in [2.05, 4.69) is 21.2 Å². The van der Waals surface area contributed by atoms with Gasteiger partial charge in [-0.15, -0.1) is 11.3 Å². The van der Waals surface area contributed by atoms with E-state index in [-0.39, 0.29) is 18.0 Å². The monoisotopic (exact) mass is 462 g/mol. The number of methoxy groups -OCH3 is 1. The predicted octanol–water partition coefficient (Wildman–Crippen LogP) is 4.72. The molecule has 8 heteroatoms. The fourth-order valence-electron chi connectivity index (χ4n) is 2.40. The number of anilines is 1. The third kappa shape index (κ3) is 4.91. The van der Waals surface area contributed by atoms with Gasteiger partial charge in [0.2, 0.25) is 5.91 Å². The van der Waals surface area contributed by atoms with Crippen molar-refractivity contribution in [1.82, 2.24) is 4.57 Å². The number of nitrogens with one attached hydrogen (secondary N) is 1. The SMILES string of the molecule is COc1ccc(NC(=O)Cn2c(=O)cc(-c3cccc(Br)c3)sc2=S)cc1. The van der Waals surface area contributed by atoms with E-state index in [0.29, 0.717) is 15.4 Å². The van der Waals surface area contributed by atoms with E-state index < -0.39 is 0 Å². The molecule has 0 aliphatic heterocycles. The van der Waals surface area contributed by atoms with Gasteiger partial charge in [-0.25, -0.2) is 0 Å². The Balaban J connectivity index is 1.79. The number of aromatic nitrogens is 1. The number of benzene rings is 2. The second-order valence-electron chi connectivity index (χ2n) is 5.59. The third-order valence-corrected chi connectivity index (χ3v) is 5.65. The van der Waals surface area contributed by atoms with Gasteiger partial charge < -0.3 is 10.1 Å². The number of nitrogens with zero attached hydrogens (tertiary/aromatic N) is 1. The Bertz CT molecular complexity index is 1060. The van der Waals surface area contributed by atoms with Crippen LogP contribution in [0.4, 0.5) is 5.69 Å². The van der Waals surface area contributed by atoms with E-state index in [4.69, 9.17) is 17.0 Å². The molecule has 3 aromatic rings. The summed E-state index contributed by atoms with van der Waals surface area (Å²) < 4.78 is 7.64. The largest absolute Gasteiger partial charge is 0.497 e. The van der Waals surface area contributed by atoms with Crippen LogP contribution in [-0.2, 0) is 11.3 Å². The van der Waals surface area contributed by atoms with Gasteiger partial charge in [0.1, 0.15) is 12.3 Å². The smallest absolute Gasteiger partial charge is 0.254 e. The van der Waals surface area contributed by atoms with Crippen molar-refractivity contribution in [2.45, 2.75) is 6.54 Å². The molecule has 1 amide bonds. The summed E-state index contributed by atoms with van der Waals surface area (Å²) in [5, 5.41) is 2.75. The first-order chi connectivity index (χ1) is 13.0. The summed E-state index contributed by atoms with van der Waals surface area (Å²) in [6, 6.07) is 16.1. The highest BCUT2D eigenvalue weighted by Gasteiger charge is 2.10. The Morgan fingerprint density at radius 1 is 1.22 bits per heavy atom. The lowest BCUT2D eigenvalue weighted by Crippen LogP contribution is -2.27. The highest BCUT2D eigenvalue weighted by molar-refractivity contribution is 9.10. The standard InChI is InChI=1S/C19H15BrN2O3S2/c1-25-15-7-5-14(6-8-15)21-17(23)11-22-18(24)10-16(27-19(22)26)12-3-2-4-13(20)9-12/h2-10H,11H2,1H3,(H,21,23). The number of amides is 1. The minimum Gasteiger partial charge on any atom is -0.497 e. The fraction of sp³-hybridized carbons (Fsp3) is 0.105. The van der Waals surface area contributed by atoms with Crippen LogP contribution >= 0.6 is 39.5 Å². The third-order valence-electron chi connectivity index (χ3n) is 3.72. The number of rotatable bonds is 5. The maximum absolute atomic E-state index is 12.5. The molecule has 0 fully saturated rings. The van der Waals surface area contributed by atoms with Crippen LogP contribution in [0.3, 0.4) is 0 Å². The zero-order valence-corrected chi connectivity index (χ0v) is 17.5. The van der Waals surface area contributed by atoms with E-state index in [1.807, 2.05) is 24.3 Å². The molecule has 3 rings (SSSR count). The van der Waals surface area contributed by atoms with Crippen LogP contribution in [-0.4, -0.2) is 17.6 Å². The van der Waals surface area contributed by atoms with E-state index >= 15 is 0 Å². The zero-order valence-electron chi connectivity index (χ0n) is 14.3. The van der Waals surface area contributed by atoms with Crippen LogP contribution in [0.15, 0.2) is 63.9 Å². The minimum absolute atomic E-state index is 0.140. The molecule has 0 unspecified atom stereocenters. The predicted molar refractivity (Wildman–Crippen MR) is 114 cm³/mol. The minimum atomic E-state index is -0.323. The maximum atomic E-state index is 12.5. The highest BCUT2D eigenvalue weighted by Crippen LogP contribution is 2.25. The Morgan fingerprint density at radius 3 is 2.59 bits per heavy atom. The molecule has 0 aliphatic carbocycles. The average Bonchev–Trinajstić information content (AvgIpc) is 2.65. The van der Waals surface area contributed by atoms with Crippen molar-refractivity contribution in [3.8, 4) is 16.2 Å². The first-order valence-electron chi connectivity index (χ1n) is 7.91. The topological polar surface area (TPSA) is 60.3 Å². The number of carbonyl (C=O) groups is 1. The highest BCUT2D eigenvalue weighted by atomic mass is 79.9. The van der Waals surface area contributed by atoms with Gasteiger partial charge in [0.15, 0.2) is 3.95 Å². The molecule has 0 radical (unpaired) electrons. The summed E-state index contributed by atoms with van der Waals surface area (Å²) in [6.45, 7) is -0.140. The first kappa shape index (κ1) is 19.5. The van der Waals surface area contributed by atoms with Crippen LogP contribution in [0, 0.1) is 3.95 Å². The molecule has 0 bridgehead atoms. The quantitative estimate of drug-likeness (QED) is 0.557. The molecule has 0 aliphatic rings. The fourth-order valence-corrected chi connectivity index (χ4v) is 4.08. The molecule has 2 aromatic carbocycles. The molecule has 1 aromatic heterocycles. The van der Waals surface area contributed by atoms with Gasteiger partial charge in [-0.05, 0) is 54.2 Å². The van der Waals surface area contributed by atoms with Crippen LogP contribution < -0.4 is 15.6 Å². The van der Waals surface area contributed by atoms with Crippen molar-refractivity contribution in [2.75, 3.05) is 12.4 Å². The Hall–Kier alpha value is -2.29. The zero-order chi connectivity index (χ0) is 19.4. The van der Waals surface area contributed by atoms with Crippen molar-refractivity contribution in [3.63, 3.8) is 0 Å². The van der Waals surface area contributed by atoms with Crippen LogP contribution in [0.2, 0.25) is 0 Å². The summed E-state index contributed by atoms with van der Waals surface area (Å²) in [4.78, 5) is 25.5. The summed E-state index contributed by atoms with van der Waals surface area (Å²) in [7, 11) is 1.57. The van der Waals surface area contributed by atoms with Crippen molar-refractivity contribution >= 4 is 51.1 Å². The van der Waals surface area contributed by atoms with Crippen LogP contribution in [0.25, 0.3) is 10.4 Å². The van der Waals surface area contributed by atoms with Gasteiger partial charge in [-0.3, -0.25) is 14.2 Å². The lowest BCUT2D eigenvalue weighted by atomic mass is 10.2. The summed E-state index contributed by atoms with van der Waals surface area (Å²) in [5.74, 6) is 0.373. The van der Waals surface area contributed by atoms with Crippen molar-refractivity contribution < 1.29 is 9.53 Å². The van der Waals surface area contributed by atoms with Crippen molar-refractivity contribution in [3.05, 3.63) is 73.4 Å². The van der Waals surface area contributed by atoms with E-state index in [1.165, 1.54) is 22.0 Å². The lowest BCUT2D eigenvalue weighted by Gasteiger charge is -2.09. The van der Waals surface area contributed by atoms with Gasteiger partial charge in [-0.1, -0.05) is 28.1 Å². The first-order valence-corrected chi connectivity index (χ1v) is 9.93. The van der Waals surface area contributed by atoms with Gasteiger partial charge >= 0.3 is 0 Å². The molecule has 138 valence electrons. The number of hydrogen-bond donors (Lipinski definition) is 1. The number of carbonyl (C=O) groups excluding carboxylic acids is 1. The second-order valence-corrected chi connectivity index (χ2v) is 8.18. The van der Waals surface area contributed by atoms with Crippen molar-refractivity contribution in [2.24, 2.45) is 0 Å². The number of hydrogen-bond acceptors (Lipinski definition) is 5. The Kier molecular flexibility index (Phi) is 6.20. The van der Waals surface area contributed by atoms with Crippen LogP contribution in [0.5, 0.6) is 5.75 Å². The molecular formula is C19H15BrN2O3S2. The van der Waals surface area contributed by atoms with E-state index in [9.17, 15) is 9.59 Å². The molecular weight excluding hydrogens is 448 g/mol. The van der Waals surface area contributed by atoms with Gasteiger partial charge in [0.05, 0.1) is 7.11 Å². The summed E-state index contributed by atoms with van der Waals surface area (Å²) in [6.07, 6.45) is 0. The molecule has 0 spiro atoms. The lowest BCUT2D eigenvalue weighted by molar-refractivity contribution is -0.116. The van der Waals surface area contributed by atoms with Crippen molar-refractivity contribution in [1.29, 1.82) is 0 Å². The molecule has 0 saturated heterocycles. The van der Waals surface area contributed by atoms with Gasteiger partial charge in [0.25, 0.3) is 5.56 Å². The molecule has 1 N–H and O–H groups in total. The van der Waals surface area contributed by atoms with Gasteiger partial charge in [-0.2, -0.15) is 0 Å². The normalized spacial score (nSPS) is 10.4. The summed E-state index contributed by atoms with van der Waals surface area (Å²) >= 11 is 10.1. The second kappa shape index (κ2) is 8.60. The molecule has 27 heavy (non-hydrogen) atoms. The average molecular weight is 463 g/mol. The summed E-state index contributed by atoms with van der Waals surface area (Å²) in [5.41, 5.74) is 1.21. The maximum Gasteiger partial charge on any atom is 0.254 e. The van der Waals surface area contributed by atoms with Gasteiger partial charge in [0, 0.05) is 21.1 Å². The molecule has 5 nitrogen and oxygen atoms in total. The number of halogens is 1.